The zero-order chi connectivity index (χ0) is 22.0. The summed E-state index contributed by atoms with van der Waals surface area (Å²) in [7, 11) is 0. The van der Waals surface area contributed by atoms with E-state index in [-0.39, 0.29) is 17.4 Å². The molecule has 4 rings (SSSR count). The van der Waals surface area contributed by atoms with Gasteiger partial charge in [0.25, 0.3) is 0 Å². The van der Waals surface area contributed by atoms with E-state index in [2.05, 4.69) is 34.7 Å². The quantitative estimate of drug-likeness (QED) is 0.439. The Morgan fingerprint density at radius 3 is 2.43 bits per heavy atom. The van der Waals surface area contributed by atoms with Crippen molar-refractivity contribution in [2.75, 3.05) is 5.73 Å². The number of nitrogens with zero attached hydrogens (tertiary/aromatic N) is 4. The molecule has 0 fully saturated rings. The molecule has 0 saturated carbocycles. The van der Waals surface area contributed by atoms with Gasteiger partial charge in [0.1, 0.15) is 11.5 Å². The smallest absolute Gasteiger partial charge is 0.226 e. The summed E-state index contributed by atoms with van der Waals surface area (Å²) < 4.78 is 3.92. The summed E-state index contributed by atoms with van der Waals surface area (Å²) in [6, 6.07) is 11.4. The predicted octanol–water partition coefficient (Wildman–Crippen LogP) is 5.05. The molecular formula is C23H29N5O2. The standard InChI is InChI=1S/C21H23N5O2.C2H6/c1-4-13-10-15(19(28)11-18(13)27)20-23-24-21(22)26(20)17-7-5-6-16-14(17)8-9-25(16)12(2)3;1-2/h5-12,27-28H,4H2,1-3H3,(H2,22,24);1-2H3. The number of hydrogen-bond acceptors (Lipinski definition) is 5. The SMILES string of the molecule is CC.CCc1cc(-c2nnc(N)n2-c2cccc3c2ccn3C(C)C)c(O)cc1O. The number of aryl methyl sites for hydroxylation is 1. The molecule has 4 aromatic rings. The van der Waals surface area contributed by atoms with Gasteiger partial charge in [-0.05, 0) is 50.1 Å². The van der Waals surface area contributed by atoms with Gasteiger partial charge in [-0.25, -0.2) is 0 Å². The highest BCUT2D eigenvalue weighted by Gasteiger charge is 2.20. The summed E-state index contributed by atoms with van der Waals surface area (Å²) in [6.07, 6.45) is 2.67. The fourth-order valence-corrected chi connectivity index (χ4v) is 3.61. The third kappa shape index (κ3) is 3.47. The molecule has 0 spiro atoms. The highest BCUT2D eigenvalue weighted by atomic mass is 16.3. The molecule has 2 heterocycles. The maximum absolute atomic E-state index is 10.4. The minimum atomic E-state index is -0.0738. The molecule has 0 bridgehead atoms. The second-order valence-electron chi connectivity index (χ2n) is 7.10. The van der Waals surface area contributed by atoms with Crippen molar-refractivity contribution in [1.82, 2.24) is 19.3 Å². The third-order valence-corrected chi connectivity index (χ3v) is 5.04. The first-order valence-electron chi connectivity index (χ1n) is 10.3. The van der Waals surface area contributed by atoms with Crippen molar-refractivity contribution in [3.63, 3.8) is 0 Å². The van der Waals surface area contributed by atoms with Crippen LogP contribution in [0.2, 0.25) is 0 Å². The molecule has 7 heteroatoms. The van der Waals surface area contributed by atoms with Crippen LogP contribution < -0.4 is 5.73 Å². The zero-order valence-corrected chi connectivity index (χ0v) is 18.1. The zero-order valence-electron chi connectivity index (χ0n) is 18.1. The van der Waals surface area contributed by atoms with Gasteiger partial charge in [-0.15, -0.1) is 10.2 Å². The molecule has 0 amide bonds. The molecule has 158 valence electrons. The average Bonchev–Trinajstić information content (AvgIpc) is 3.33. The van der Waals surface area contributed by atoms with Gasteiger partial charge in [-0.2, -0.15) is 0 Å². The van der Waals surface area contributed by atoms with Gasteiger partial charge in [0.2, 0.25) is 5.95 Å². The number of anilines is 1. The van der Waals surface area contributed by atoms with Crippen LogP contribution in [0.4, 0.5) is 5.95 Å². The van der Waals surface area contributed by atoms with Gasteiger partial charge in [0, 0.05) is 23.7 Å². The van der Waals surface area contributed by atoms with Gasteiger partial charge in [0.15, 0.2) is 5.82 Å². The molecule has 0 aliphatic heterocycles. The Hall–Kier alpha value is -3.48. The van der Waals surface area contributed by atoms with Gasteiger partial charge in [0.05, 0.1) is 16.8 Å². The van der Waals surface area contributed by atoms with Crippen LogP contribution in [0.5, 0.6) is 11.5 Å². The van der Waals surface area contributed by atoms with Gasteiger partial charge < -0.3 is 20.5 Å². The summed E-state index contributed by atoms with van der Waals surface area (Å²) in [4.78, 5) is 0. The number of benzene rings is 2. The molecule has 7 nitrogen and oxygen atoms in total. The Morgan fingerprint density at radius 2 is 1.77 bits per heavy atom. The number of aromatic hydroxyl groups is 2. The Morgan fingerprint density at radius 1 is 1.03 bits per heavy atom. The largest absolute Gasteiger partial charge is 0.508 e. The van der Waals surface area contributed by atoms with E-state index in [4.69, 9.17) is 5.73 Å². The molecule has 0 saturated heterocycles. The number of nitrogens with two attached hydrogens (primary N) is 1. The molecule has 2 aromatic carbocycles. The molecule has 0 unspecified atom stereocenters. The van der Waals surface area contributed by atoms with Gasteiger partial charge in [-0.1, -0.05) is 26.8 Å². The minimum Gasteiger partial charge on any atom is -0.508 e. The van der Waals surface area contributed by atoms with E-state index < -0.39 is 0 Å². The van der Waals surface area contributed by atoms with Gasteiger partial charge >= 0.3 is 0 Å². The lowest BCUT2D eigenvalue weighted by atomic mass is 10.1. The fourth-order valence-electron chi connectivity index (χ4n) is 3.61. The van der Waals surface area contributed by atoms with E-state index >= 15 is 0 Å². The summed E-state index contributed by atoms with van der Waals surface area (Å²) >= 11 is 0. The second kappa shape index (κ2) is 8.49. The van der Waals surface area contributed by atoms with Crippen molar-refractivity contribution < 1.29 is 10.2 Å². The van der Waals surface area contributed by atoms with Gasteiger partial charge in [-0.3, -0.25) is 4.57 Å². The predicted molar refractivity (Wildman–Crippen MR) is 121 cm³/mol. The van der Waals surface area contributed by atoms with Crippen LogP contribution in [0.1, 0.15) is 46.2 Å². The van der Waals surface area contributed by atoms with E-state index in [0.29, 0.717) is 29.4 Å². The molecular weight excluding hydrogens is 378 g/mol. The minimum absolute atomic E-state index is 0.0545. The van der Waals surface area contributed by atoms with Crippen molar-refractivity contribution in [3.05, 3.63) is 48.2 Å². The average molecular weight is 408 g/mol. The van der Waals surface area contributed by atoms with Crippen LogP contribution in [-0.2, 0) is 6.42 Å². The molecule has 4 N–H and O–H groups in total. The van der Waals surface area contributed by atoms with E-state index in [1.54, 1.807) is 10.6 Å². The second-order valence-corrected chi connectivity index (χ2v) is 7.10. The lowest BCUT2D eigenvalue weighted by molar-refractivity contribution is 0.447. The number of aromatic nitrogens is 4. The van der Waals surface area contributed by atoms with E-state index in [9.17, 15) is 10.2 Å². The van der Waals surface area contributed by atoms with Crippen LogP contribution in [0.15, 0.2) is 42.6 Å². The van der Waals surface area contributed by atoms with Crippen LogP contribution >= 0.6 is 0 Å². The van der Waals surface area contributed by atoms with E-state index in [1.807, 2.05) is 45.2 Å². The Bertz CT molecular complexity index is 1170. The number of hydrogen-bond donors (Lipinski definition) is 3. The number of rotatable bonds is 4. The number of fused-ring (bicyclic) bond motifs is 1. The number of phenols is 2. The summed E-state index contributed by atoms with van der Waals surface area (Å²) in [5, 5.41) is 29.7. The Kier molecular flexibility index (Phi) is 6.01. The lowest BCUT2D eigenvalue weighted by Gasteiger charge is -2.14. The molecule has 0 aliphatic rings. The van der Waals surface area contributed by atoms with Crippen molar-refractivity contribution in [1.29, 1.82) is 0 Å². The van der Waals surface area contributed by atoms with Crippen molar-refractivity contribution in [2.24, 2.45) is 0 Å². The highest BCUT2D eigenvalue weighted by Crippen LogP contribution is 2.37. The topological polar surface area (TPSA) is 102 Å². The molecule has 0 aliphatic carbocycles. The van der Waals surface area contributed by atoms with Crippen LogP contribution in [0.25, 0.3) is 28.0 Å². The fraction of sp³-hybridized carbons (Fsp3) is 0.304. The number of phenolic OH excluding ortho intramolecular Hbond substituents is 2. The van der Waals surface area contributed by atoms with Crippen molar-refractivity contribution >= 4 is 16.9 Å². The van der Waals surface area contributed by atoms with Crippen molar-refractivity contribution in [3.8, 4) is 28.6 Å². The van der Waals surface area contributed by atoms with Crippen LogP contribution in [0, 0.1) is 0 Å². The van der Waals surface area contributed by atoms with E-state index in [0.717, 1.165) is 16.6 Å². The summed E-state index contributed by atoms with van der Waals surface area (Å²) in [6.45, 7) is 10.2. The number of nitrogen functional groups attached to an aromatic ring is 1. The molecule has 2 aromatic heterocycles. The van der Waals surface area contributed by atoms with Crippen molar-refractivity contribution in [2.45, 2.75) is 47.1 Å². The maximum atomic E-state index is 10.4. The Balaban J connectivity index is 0.00000124. The van der Waals surface area contributed by atoms with E-state index in [1.165, 1.54) is 6.07 Å². The molecule has 30 heavy (non-hydrogen) atoms. The maximum Gasteiger partial charge on any atom is 0.226 e. The Labute approximate surface area is 176 Å². The van der Waals surface area contributed by atoms with Crippen LogP contribution in [0.3, 0.4) is 0 Å². The monoisotopic (exact) mass is 407 g/mol. The van der Waals surface area contributed by atoms with Crippen LogP contribution in [-0.4, -0.2) is 29.5 Å². The third-order valence-electron chi connectivity index (χ3n) is 5.04. The first-order valence-corrected chi connectivity index (χ1v) is 10.3. The first kappa shape index (κ1) is 21.2. The summed E-state index contributed by atoms with van der Waals surface area (Å²) in [5.74, 6) is 0.633. The molecule has 0 atom stereocenters. The normalized spacial score (nSPS) is 11.0. The summed E-state index contributed by atoms with van der Waals surface area (Å²) in [5.41, 5.74) is 9.27. The molecule has 0 radical (unpaired) electrons. The highest BCUT2D eigenvalue weighted by molar-refractivity contribution is 5.90. The lowest BCUT2D eigenvalue weighted by Crippen LogP contribution is -2.04. The first-order chi connectivity index (χ1) is 14.4.